The van der Waals surface area contributed by atoms with E-state index in [1.54, 1.807) is 32.4 Å². The predicted molar refractivity (Wildman–Crippen MR) is 90.5 cm³/mol. The van der Waals surface area contributed by atoms with Crippen molar-refractivity contribution in [2.24, 2.45) is 0 Å². The highest BCUT2D eigenvalue weighted by Crippen LogP contribution is 2.47. The number of carbonyl (C=O) groups is 1. The first-order chi connectivity index (χ1) is 12.1. The smallest absolute Gasteiger partial charge is 0.252 e. The molecule has 0 spiro atoms. The van der Waals surface area contributed by atoms with Crippen LogP contribution in [0.2, 0.25) is 0 Å². The van der Waals surface area contributed by atoms with Crippen molar-refractivity contribution in [3.05, 3.63) is 47.5 Å². The Labute approximate surface area is 145 Å². The second-order valence-electron chi connectivity index (χ2n) is 6.17. The number of rotatable bonds is 5. The Bertz CT molecular complexity index is 829. The highest BCUT2D eigenvalue weighted by molar-refractivity contribution is 5.95. The summed E-state index contributed by atoms with van der Waals surface area (Å²) in [7, 11) is 3.21. The molecule has 4 rings (SSSR count). The van der Waals surface area contributed by atoms with Gasteiger partial charge in [0.15, 0.2) is 23.0 Å². The molecule has 130 valence electrons. The summed E-state index contributed by atoms with van der Waals surface area (Å²) >= 11 is 0. The summed E-state index contributed by atoms with van der Waals surface area (Å²) in [5.41, 5.74) is 1.21. The zero-order valence-electron chi connectivity index (χ0n) is 14.1. The molecule has 1 amide bonds. The van der Waals surface area contributed by atoms with Crippen LogP contribution in [0.5, 0.6) is 23.0 Å². The molecule has 0 bridgehead atoms. The van der Waals surface area contributed by atoms with Gasteiger partial charge in [-0.3, -0.25) is 4.79 Å². The first-order valence-corrected chi connectivity index (χ1v) is 8.10. The number of benzene rings is 2. The van der Waals surface area contributed by atoms with E-state index in [4.69, 9.17) is 18.9 Å². The summed E-state index contributed by atoms with van der Waals surface area (Å²) in [5, 5.41) is 3.15. The average Bonchev–Trinajstić information content (AvgIpc) is 3.27. The third kappa shape index (κ3) is 2.73. The fraction of sp³-hybridized carbons (Fsp3) is 0.316. The van der Waals surface area contributed by atoms with Crippen molar-refractivity contribution in [2.75, 3.05) is 21.0 Å². The molecule has 0 unspecified atom stereocenters. The van der Waals surface area contributed by atoms with Crippen molar-refractivity contribution < 1.29 is 23.7 Å². The van der Waals surface area contributed by atoms with Gasteiger partial charge in [0.1, 0.15) is 0 Å². The van der Waals surface area contributed by atoms with Gasteiger partial charge in [-0.05, 0) is 48.7 Å². The minimum Gasteiger partial charge on any atom is -0.493 e. The van der Waals surface area contributed by atoms with Gasteiger partial charge in [-0.25, -0.2) is 0 Å². The molecule has 0 saturated heterocycles. The first-order valence-electron chi connectivity index (χ1n) is 8.10. The molecule has 1 N–H and O–H groups in total. The second kappa shape index (κ2) is 5.88. The average molecular weight is 341 g/mol. The fourth-order valence-corrected chi connectivity index (χ4v) is 3.07. The Hall–Kier alpha value is -2.89. The lowest BCUT2D eigenvalue weighted by Gasteiger charge is -2.20. The molecule has 1 aliphatic carbocycles. The Kier molecular flexibility index (Phi) is 3.67. The molecule has 2 aliphatic rings. The number of ether oxygens (including phenoxy) is 4. The van der Waals surface area contributed by atoms with Crippen molar-refractivity contribution in [3.8, 4) is 23.0 Å². The van der Waals surface area contributed by atoms with Crippen LogP contribution in [0.15, 0.2) is 36.4 Å². The van der Waals surface area contributed by atoms with Crippen LogP contribution in [-0.4, -0.2) is 26.9 Å². The van der Waals surface area contributed by atoms with Crippen LogP contribution in [0.1, 0.15) is 28.8 Å². The van der Waals surface area contributed by atoms with Crippen molar-refractivity contribution in [1.82, 2.24) is 5.32 Å². The number of hydrogen-bond acceptors (Lipinski definition) is 5. The van der Waals surface area contributed by atoms with E-state index >= 15 is 0 Å². The van der Waals surface area contributed by atoms with Gasteiger partial charge in [-0.2, -0.15) is 0 Å². The molecule has 1 fully saturated rings. The molecule has 25 heavy (non-hydrogen) atoms. The highest BCUT2D eigenvalue weighted by Gasteiger charge is 2.46. The topological polar surface area (TPSA) is 66.0 Å². The van der Waals surface area contributed by atoms with Crippen molar-refractivity contribution in [3.63, 3.8) is 0 Å². The van der Waals surface area contributed by atoms with Crippen LogP contribution in [-0.2, 0) is 5.54 Å². The van der Waals surface area contributed by atoms with Crippen LogP contribution < -0.4 is 24.3 Å². The standard InChI is InChI=1S/C19H19NO5/c1-22-14-6-4-13(10-16(14)23-2)19(7-8-19)20-18(21)12-3-5-15-17(9-12)25-11-24-15/h3-6,9-10H,7-8,11H2,1-2H3,(H,20,21). The fourth-order valence-electron chi connectivity index (χ4n) is 3.07. The lowest BCUT2D eigenvalue weighted by molar-refractivity contribution is 0.0930. The molecule has 6 heteroatoms. The minimum absolute atomic E-state index is 0.134. The lowest BCUT2D eigenvalue weighted by atomic mass is 10.0. The zero-order valence-corrected chi connectivity index (χ0v) is 14.1. The molecule has 0 atom stereocenters. The van der Waals surface area contributed by atoms with Gasteiger partial charge in [-0.15, -0.1) is 0 Å². The third-order valence-electron chi connectivity index (χ3n) is 4.67. The number of methoxy groups -OCH3 is 2. The molecule has 0 aromatic heterocycles. The number of fused-ring (bicyclic) bond motifs is 1. The number of nitrogens with one attached hydrogen (secondary N) is 1. The quantitative estimate of drug-likeness (QED) is 0.906. The molecule has 6 nitrogen and oxygen atoms in total. The van der Waals surface area contributed by atoms with E-state index in [-0.39, 0.29) is 18.2 Å². The highest BCUT2D eigenvalue weighted by atomic mass is 16.7. The predicted octanol–water partition coefficient (Wildman–Crippen LogP) is 2.85. The van der Waals surface area contributed by atoms with Gasteiger partial charge < -0.3 is 24.3 Å². The van der Waals surface area contributed by atoms with Crippen molar-refractivity contribution in [1.29, 1.82) is 0 Å². The van der Waals surface area contributed by atoms with E-state index in [9.17, 15) is 4.79 Å². The summed E-state index contributed by atoms with van der Waals surface area (Å²) in [6, 6.07) is 11.0. The Morgan fingerprint density at radius 2 is 1.76 bits per heavy atom. The van der Waals surface area contributed by atoms with E-state index in [1.807, 2.05) is 18.2 Å². The summed E-state index contributed by atoms with van der Waals surface area (Å²) < 4.78 is 21.3. The van der Waals surface area contributed by atoms with Gasteiger partial charge in [0.25, 0.3) is 5.91 Å². The van der Waals surface area contributed by atoms with Crippen LogP contribution in [0.4, 0.5) is 0 Å². The zero-order chi connectivity index (χ0) is 17.4. The molecule has 1 heterocycles. The molecule has 2 aromatic rings. The van der Waals surface area contributed by atoms with Gasteiger partial charge in [0.2, 0.25) is 6.79 Å². The van der Waals surface area contributed by atoms with E-state index in [1.165, 1.54) is 0 Å². The Morgan fingerprint density at radius 3 is 2.48 bits per heavy atom. The maximum absolute atomic E-state index is 12.7. The van der Waals surface area contributed by atoms with Crippen molar-refractivity contribution in [2.45, 2.75) is 18.4 Å². The monoisotopic (exact) mass is 341 g/mol. The van der Waals surface area contributed by atoms with Gasteiger partial charge in [0, 0.05) is 5.56 Å². The van der Waals surface area contributed by atoms with Crippen LogP contribution in [0.25, 0.3) is 0 Å². The Morgan fingerprint density at radius 1 is 1.00 bits per heavy atom. The lowest BCUT2D eigenvalue weighted by Crippen LogP contribution is -2.34. The summed E-state index contributed by atoms with van der Waals surface area (Å²) in [6.45, 7) is 0.190. The van der Waals surface area contributed by atoms with Crippen LogP contribution >= 0.6 is 0 Å². The Balaban J connectivity index is 1.56. The van der Waals surface area contributed by atoms with E-state index in [2.05, 4.69) is 5.32 Å². The largest absolute Gasteiger partial charge is 0.493 e. The van der Waals surface area contributed by atoms with Crippen molar-refractivity contribution >= 4 is 5.91 Å². The molecule has 0 radical (unpaired) electrons. The summed E-state index contributed by atoms with van der Waals surface area (Å²) in [6.07, 6.45) is 1.78. The van der Waals surface area contributed by atoms with Crippen LogP contribution in [0.3, 0.4) is 0 Å². The maximum atomic E-state index is 12.7. The molecular formula is C19H19NO5. The van der Waals surface area contributed by atoms with E-state index < -0.39 is 0 Å². The van der Waals surface area contributed by atoms with Gasteiger partial charge in [-0.1, -0.05) is 6.07 Å². The van der Waals surface area contributed by atoms with Gasteiger partial charge >= 0.3 is 0 Å². The second-order valence-corrected chi connectivity index (χ2v) is 6.17. The van der Waals surface area contributed by atoms with E-state index in [0.29, 0.717) is 28.6 Å². The molecule has 2 aromatic carbocycles. The summed E-state index contributed by atoms with van der Waals surface area (Å²) in [5.74, 6) is 2.46. The van der Waals surface area contributed by atoms with Crippen LogP contribution in [0, 0.1) is 0 Å². The third-order valence-corrected chi connectivity index (χ3v) is 4.67. The number of carbonyl (C=O) groups excluding carboxylic acids is 1. The van der Waals surface area contributed by atoms with E-state index in [0.717, 1.165) is 18.4 Å². The SMILES string of the molecule is COc1ccc(C2(NC(=O)c3ccc4c(c3)OCO4)CC2)cc1OC. The molecular weight excluding hydrogens is 322 g/mol. The maximum Gasteiger partial charge on any atom is 0.252 e. The first kappa shape index (κ1) is 15.6. The van der Waals surface area contributed by atoms with Gasteiger partial charge in [0.05, 0.1) is 19.8 Å². The molecule has 1 saturated carbocycles. The molecule has 1 aliphatic heterocycles. The normalized spacial score (nSPS) is 16.2. The number of amides is 1. The summed E-state index contributed by atoms with van der Waals surface area (Å²) in [4.78, 5) is 12.7. The number of hydrogen-bond donors (Lipinski definition) is 1. The minimum atomic E-state index is -0.354.